The minimum Gasteiger partial charge on any atom is -0.367 e. The highest BCUT2D eigenvalue weighted by Gasteiger charge is 2.28. The number of halogens is 1. The summed E-state index contributed by atoms with van der Waals surface area (Å²) in [7, 11) is -3.58. The molecule has 2 heterocycles. The van der Waals surface area contributed by atoms with E-state index >= 15 is 0 Å². The molecule has 4 rings (SSSR count). The third-order valence-corrected chi connectivity index (χ3v) is 7.89. The van der Waals surface area contributed by atoms with Crippen molar-refractivity contribution >= 4 is 21.6 Å². The number of carbonyl (C=O) groups is 1. The molecule has 0 bridgehead atoms. The van der Waals surface area contributed by atoms with Crippen molar-refractivity contribution in [3.05, 3.63) is 59.4 Å². The van der Waals surface area contributed by atoms with Crippen molar-refractivity contribution in [1.29, 1.82) is 0 Å². The van der Waals surface area contributed by atoms with Gasteiger partial charge in [0.15, 0.2) is 0 Å². The second-order valence-electron chi connectivity index (χ2n) is 8.35. The number of sulfonamides is 1. The number of hydrogen-bond donors (Lipinski definition) is 1. The zero-order chi connectivity index (χ0) is 22.0. The predicted molar refractivity (Wildman–Crippen MR) is 118 cm³/mol. The maximum atomic E-state index is 14.3. The molecule has 0 spiro atoms. The van der Waals surface area contributed by atoms with Gasteiger partial charge in [-0.3, -0.25) is 4.79 Å². The van der Waals surface area contributed by atoms with Crippen LogP contribution in [0.2, 0.25) is 0 Å². The van der Waals surface area contributed by atoms with Gasteiger partial charge in [0.1, 0.15) is 5.82 Å². The molecule has 0 aromatic heterocycles. The Bertz CT molecular complexity index is 1070. The number of benzene rings is 2. The summed E-state index contributed by atoms with van der Waals surface area (Å²) in [6, 6.07) is 11.1. The largest absolute Gasteiger partial charge is 0.367 e. The summed E-state index contributed by atoms with van der Waals surface area (Å²) < 4.78 is 41.4. The molecule has 2 aliphatic heterocycles. The Hall–Kier alpha value is -2.45. The number of nitrogens with one attached hydrogen (secondary N) is 1. The van der Waals surface area contributed by atoms with E-state index in [1.165, 1.54) is 22.5 Å². The number of rotatable bonds is 5. The number of hydrogen-bond acceptors (Lipinski definition) is 4. The van der Waals surface area contributed by atoms with Crippen LogP contribution in [0.5, 0.6) is 0 Å². The summed E-state index contributed by atoms with van der Waals surface area (Å²) in [4.78, 5) is 15.0. The van der Waals surface area contributed by atoms with Crippen LogP contribution in [0.3, 0.4) is 0 Å². The molecule has 2 aliphatic rings. The average molecular weight is 446 g/mol. The molecule has 2 fully saturated rings. The van der Waals surface area contributed by atoms with Crippen LogP contribution in [0, 0.1) is 12.7 Å². The lowest BCUT2D eigenvalue weighted by Crippen LogP contribution is -2.48. The summed E-state index contributed by atoms with van der Waals surface area (Å²) in [5.74, 6) is -0.576. The van der Waals surface area contributed by atoms with Crippen molar-refractivity contribution in [1.82, 2.24) is 9.62 Å². The number of anilines is 1. The molecular weight excluding hydrogens is 417 g/mol. The van der Waals surface area contributed by atoms with Crippen LogP contribution in [-0.2, 0) is 10.0 Å². The summed E-state index contributed by atoms with van der Waals surface area (Å²) in [6.45, 7) is 4.21. The third kappa shape index (κ3) is 4.75. The SMILES string of the molecule is Cc1ccc(F)c(N2CCCC(NC(=O)c3cccc(S(=O)(=O)N4CCCC4)c3)C2)c1. The molecule has 166 valence electrons. The van der Waals surface area contributed by atoms with Gasteiger partial charge in [0, 0.05) is 37.8 Å². The van der Waals surface area contributed by atoms with Gasteiger partial charge in [0.25, 0.3) is 5.91 Å². The molecule has 0 radical (unpaired) electrons. The lowest BCUT2D eigenvalue weighted by Gasteiger charge is -2.35. The fourth-order valence-corrected chi connectivity index (χ4v) is 5.89. The lowest BCUT2D eigenvalue weighted by molar-refractivity contribution is 0.0933. The number of carbonyl (C=O) groups excluding carboxylic acids is 1. The number of amides is 1. The van der Waals surface area contributed by atoms with E-state index < -0.39 is 10.0 Å². The second kappa shape index (κ2) is 8.96. The van der Waals surface area contributed by atoms with Gasteiger partial charge in [-0.2, -0.15) is 4.31 Å². The van der Waals surface area contributed by atoms with E-state index in [0.29, 0.717) is 30.9 Å². The minimum atomic E-state index is -3.58. The van der Waals surface area contributed by atoms with Crippen LogP contribution < -0.4 is 10.2 Å². The lowest BCUT2D eigenvalue weighted by atomic mass is 10.0. The quantitative estimate of drug-likeness (QED) is 0.767. The smallest absolute Gasteiger partial charge is 0.251 e. The first-order chi connectivity index (χ1) is 14.8. The van der Waals surface area contributed by atoms with E-state index in [0.717, 1.165) is 37.8 Å². The van der Waals surface area contributed by atoms with Crippen LogP contribution in [0.4, 0.5) is 10.1 Å². The second-order valence-corrected chi connectivity index (χ2v) is 10.3. The number of piperidine rings is 1. The molecular formula is C23H28FN3O3S. The van der Waals surface area contributed by atoms with Crippen molar-refractivity contribution in [2.45, 2.75) is 43.5 Å². The van der Waals surface area contributed by atoms with Gasteiger partial charge in [-0.1, -0.05) is 12.1 Å². The highest BCUT2D eigenvalue weighted by Crippen LogP contribution is 2.25. The molecule has 6 nitrogen and oxygen atoms in total. The van der Waals surface area contributed by atoms with Gasteiger partial charge >= 0.3 is 0 Å². The Kier molecular flexibility index (Phi) is 6.29. The maximum Gasteiger partial charge on any atom is 0.251 e. The van der Waals surface area contributed by atoms with Crippen LogP contribution in [0.1, 0.15) is 41.6 Å². The predicted octanol–water partition coefficient (Wildman–Crippen LogP) is 3.32. The van der Waals surface area contributed by atoms with E-state index in [2.05, 4.69) is 5.32 Å². The van der Waals surface area contributed by atoms with Crippen molar-refractivity contribution in [3.63, 3.8) is 0 Å². The molecule has 2 aromatic carbocycles. The highest BCUT2D eigenvalue weighted by atomic mass is 32.2. The molecule has 1 N–H and O–H groups in total. The van der Waals surface area contributed by atoms with Gasteiger partial charge < -0.3 is 10.2 Å². The molecule has 1 unspecified atom stereocenters. The van der Waals surface area contributed by atoms with E-state index in [9.17, 15) is 17.6 Å². The Morgan fingerprint density at radius 2 is 1.84 bits per heavy atom. The fourth-order valence-electron chi connectivity index (χ4n) is 4.32. The van der Waals surface area contributed by atoms with Gasteiger partial charge in [-0.05, 0) is 68.5 Å². The summed E-state index contributed by atoms with van der Waals surface area (Å²) >= 11 is 0. The van der Waals surface area contributed by atoms with Gasteiger partial charge in [-0.15, -0.1) is 0 Å². The third-order valence-electron chi connectivity index (χ3n) is 6.00. The van der Waals surface area contributed by atoms with Crippen molar-refractivity contribution in [2.24, 2.45) is 0 Å². The average Bonchev–Trinajstić information content (AvgIpc) is 3.32. The zero-order valence-electron chi connectivity index (χ0n) is 17.7. The first-order valence-corrected chi connectivity index (χ1v) is 12.2. The normalized spacial score (nSPS) is 20.1. The number of aryl methyl sites for hydroxylation is 1. The molecule has 1 atom stereocenters. The standard InChI is InChI=1S/C23H28FN3O3S/c1-17-9-10-21(24)22(14-17)26-11-5-7-19(16-26)25-23(28)18-6-4-8-20(15-18)31(29,30)27-12-2-3-13-27/h4,6,8-10,14-15,19H,2-3,5,7,11-13,16H2,1H3,(H,25,28). The molecule has 1 amide bonds. The van der Waals surface area contributed by atoms with Crippen molar-refractivity contribution in [3.8, 4) is 0 Å². The first-order valence-electron chi connectivity index (χ1n) is 10.8. The molecule has 2 saturated heterocycles. The van der Waals surface area contributed by atoms with Crippen LogP contribution in [-0.4, -0.2) is 50.9 Å². The monoisotopic (exact) mass is 445 g/mol. The van der Waals surface area contributed by atoms with E-state index in [-0.39, 0.29) is 22.7 Å². The Morgan fingerprint density at radius 1 is 1.06 bits per heavy atom. The van der Waals surface area contributed by atoms with Crippen LogP contribution >= 0.6 is 0 Å². The molecule has 2 aromatic rings. The minimum absolute atomic E-state index is 0.139. The Morgan fingerprint density at radius 3 is 2.61 bits per heavy atom. The fraction of sp³-hybridized carbons (Fsp3) is 0.435. The first kappa shape index (κ1) is 21.8. The van der Waals surface area contributed by atoms with Gasteiger partial charge in [0.2, 0.25) is 10.0 Å². The molecule has 0 saturated carbocycles. The van der Waals surface area contributed by atoms with Gasteiger partial charge in [-0.25, -0.2) is 12.8 Å². The van der Waals surface area contributed by atoms with Crippen LogP contribution in [0.15, 0.2) is 47.4 Å². The number of nitrogens with zero attached hydrogens (tertiary/aromatic N) is 2. The Labute approximate surface area is 183 Å². The topological polar surface area (TPSA) is 69.7 Å². The van der Waals surface area contributed by atoms with Gasteiger partial charge in [0.05, 0.1) is 10.6 Å². The summed E-state index contributed by atoms with van der Waals surface area (Å²) in [5, 5.41) is 3.01. The van der Waals surface area contributed by atoms with E-state index in [1.54, 1.807) is 18.2 Å². The highest BCUT2D eigenvalue weighted by molar-refractivity contribution is 7.89. The molecule has 8 heteroatoms. The summed E-state index contributed by atoms with van der Waals surface area (Å²) in [5.41, 5.74) is 1.86. The molecule has 31 heavy (non-hydrogen) atoms. The van der Waals surface area contributed by atoms with Crippen LogP contribution in [0.25, 0.3) is 0 Å². The van der Waals surface area contributed by atoms with E-state index in [4.69, 9.17) is 0 Å². The molecule has 0 aliphatic carbocycles. The summed E-state index contributed by atoms with van der Waals surface area (Å²) in [6.07, 6.45) is 3.35. The zero-order valence-corrected chi connectivity index (χ0v) is 18.5. The maximum absolute atomic E-state index is 14.3. The van der Waals surface area contributed by atoms with E-state index in [1.807, 2.05) is 17.9 Å². The van der Waals surface area contributed by atoms with Crippen molar-refractivity contribution in [2.75, 3.05) is 31.1 Å². The van der Waals surface area contributed by atoms with Crippen molar-refractivity contribution < 1.29 is 17.6 Å². The Balaban J connectivity index is 1.46.